The number of aliphatic hydroxyl groups is 4. The van der Waals surface area contributed by atoms with Crippen molar-refractivity contribution in [1.82, 2.24) is 0 Å². The number of hydrogen-bond donors (Lipinski definition) is 4. The largest absolute Gasteiger partial charge is 0.429 e. The van der Waals surface area contributed by atoms with Crippen molar-refractivity contribution in [3.63, 3.8) is 0 Å². The molecule has 0 spiro atoms. The third kappa shape index (κ3) is 7.79. The molecule has 10 heteroatoms. The molecule has 4 nitrogen and oxygen atoms in total. The van der Waals surface area contributed by atoms with Gasteiger partial charge in [0, 0.05) is 6.42 Å². The van der Waals surface area contributed by atoms with Gasteiger partial charge in [0.25, 0.3) is 5.60 Å². The van der Waals surface area contributed by atoms with Gasteiger partial charge in [0.05, 0.1) is 17.8 Å². The van der Waals surface area contributed by atoms with Crippen LogP contribution in [0.2, 0.25) is 0 Å². The SMILES string of the molecule is C=C1/C(=C\C=C2/CCC[C@]3(C)[C@@H]([C@@](C)(C/C=C/C(O)(C(F)(F)F)C(F)(F)F)CCCC(C)(C)O)CC[C@@H]23)C[C@@H](O)CC1O. The van der Waals surface area contributed by atoms with Crippen molar-refractivity contribution in [2.45, 2.75) is 134 Å². The molecule has 3 rings (SSSR count). The Bertz CT molecular complexity index is 1080. The number of fused-ring (bicyclic) bond motifs is 1. The van der Waals surface area contributed by atoms with Crippen molar-refractivity contribution >= 4 is 0 Å². The fraction of sp³-hybridized carbons (Fsp3) is 0.758. The van der Waals surface area contributed by atoms with Gasteiger partial charge in [-0.2, -0.15) is 26.3 Å². The van der Waals surface area contributed by atoms with Crippen LogP contribution in [-0.2, 0) is 0 Å². The number of aliphatic hydroxyl groups excluding tert-OH is 2. The fourth-order valence-electron chi connectivity index (χ4n) is 8.04. The quantitative estimate of drug-likeness (QED) is 0.156. The van der Waals surface area contributed by atoms with E-state index in [9.17, 15) is 46.8 Å². The van der Waals surface area contributed by atoms with Crippen LogP contribution in [0.25, 0.3) is 0 Å². The molecule has 0 radical (unpaired) electrons. The average molecular weight is 623 g/mol. The van der Waals surface area contributed by atoms with Crippen molar-refractivity contribution in [2.24, 2.45) is 22.7 Å². The van der Waals surface area contributed by atoms with E-state index in [0.29, 0.717) is 31.3 Å². The standard InChI is InChI=1S/C33H48F6O4/c1-21-23(19-24(40)20-26(21)41)11-10-22-9-6-17-30(5)25(22)12-13-27(30)29(4,15-7-14-28(2,3)42)16-8-18-31(43,32(34,35)36)33(37,38)39/h8,10-11,18,24-27,40-43H,1,6-7,9,12-17,19-20H2,2-5H3/b18-8+,22-10+,23-11-/t24-,25+,26?,27-,29-,30+/m1/s1. The van der Waals surface area contributed by atoms with Crippen molar-refractivity contribution < 1.29 is 46.8 Å². The Morgan fingerprint density at radius 3 is 2.16 bits per heavy atom. The Hall–Kier alpha value is -1.62. The fourth-order valence-corrected chi connectivity index (χ4v) is 8.04. The first-order chi connectivity index (χ1) is 19.5. The Kier molecular flexibility index (Phi) is 10.5. The van der Waals surface area contributed by atoms with Crippen LogP contribution < -0.4 is 0 Å². The van der Waals surface area contributed by atoms with Gasteiger partial charge in [0.15, 0.2) is 0 Å². The van der Waals surface area contributed by atoms with Crippen molar-refractivity contribution in [1.29, 1.82) is 0 Å². The molecule has 4 N–H and O–H groups in total. The summed E-state index contributed by atoms with van der Waals surface area (Å²) in [6.45, 7) is 11.4. The lowest BCUT2D eigenvalue weighted by molar-refractivity contribution is -0.347. The first-order valence-electron chi connectivity index (χ1n) is 15.2. The Labute approximate surface area is 251 Å². The second kappa shape index (κ2) is 12.6. The van der Waals surface area contributed by atoms with Gasteiger partial charge in [0.2, 0.25) is 0 Å². The molecule has 3 saturated carbocycles. The minimum Gasteiger partial charge on any atom is -0.393 e. The first-order valence-corrected chi connectivity index (χ1v) is 15.2. The highest BCUT2D eigenvalue weighted by Gasteiger charge is 2.69. The van der Waals surface area contributed by atoms with Gasteiger partial charge in [-0.15, -0.1) is 0 Å². The predicted molar refractivity (Wildman–Crippen MR) is 154 cm³/mol. The van der Waals surface area contributed by atoms with Gasteiger partial charge in [-0.1, -0.05) is 50.6 Å². The Morgan fingerprint density at radius 2 is 1.58 bits per heavy atom. The summed E-state index contributed by atoms with van der Waals surface area (Å²) in [6.07, 6.45) is -2.44. The molecular formula is C33H48F6O4. The maximum Gasteiger partial charge on any atom is 0.429 e. The molecule has 246 valence electrons. The highest BCUT2D eigenvalue weighted by Crippen LogP contribution is 2.64. The van der Waals surface area contributed by atoms with Crippen LogP contribution in [0.5, 0.6) is 0 Å². The third-order valence-corrected chi connectivity index (χ3v) is 10.4. The van der Waals surface area contributed by atoms with Crippen LogP contribution in [0.15, 0.2) is 47.6 Å². The molecule has 0 aromatic heterocycles. The van der Waals surface area contributed by atoms with E-state index in [1.807, 2.05) is 19.1 Å². The van der Waals surface area contributed by atoms with Crippen LogP contribution in [0.1, 0.15) is 98.3 Å². The van der Waals surface area contributed by atoms with Gasteiger partial charge < -0.3 is 20.4 Å². The average Bonchev–Trinajstić information content (AvgIpc) is 3.21. The highest BCUT2D eigenvalue weighted by molar-refractivity contribution is 5.38. The van der Waals surface area contributed by atoms with E-state index < -0.39 is 41.2 Å². The van der Waals surface area contributed by atoms with E-state index in [1.54, 1.807) is 13.8 Å². The molecule has 0 aliphatic heterocycles. The first kappa shape index (κ1) is 35.9. The van der Waals surface area contributed by atoms with E-state index in [0.717, 1.165) is 43.8 Å². The number of rotatable bonds is 9. The Balaban J connectivity index is 1.93. The summed E-state index contributed by atoms with van der Waals surface area (Å²) >= 11 is 0. The van der Waals surface area contributed by atoms with Crippen LogP contribution in [0, 0.1) is 22.7 Å². The molecule has 0 aromatic carbocycles. The van der Waals surface area contributed by atoms with Gasteiger partial charge >= 0.3 is 12.4 Å². The minimum absolute atomic E-state index is 0.0223. The Morgan fingerprint density at radius 1 is 0.953 bits per heavy atom. The zero-order chi connectivity index (χ0) is 32.6. The minimum atomic E-state index is -5.92. The molecule has 0 bridgehead atoms. The number of allylic oxidation sites excluding steroid dienone is 4. The van der Waals surface area contributed by atoms with Crippen LogP contribution in [0.3, 0.4) is 0 Å². The molecule has 6 atom stereocenters. The lowest BCUT2D eigenvalue weighted by atomic mass is 9.55. The second-order valence-corrected chi connectivity index (χ2v) is 14.3. The van der Waals surface area contributed by atoms with Gasteiger partial charge in [-0.3, -0.25) is 0 Å². The summed E-state index contributed by atoms with van der Waals surface area (Å²) in [7, 11) is 0. The molecule has 3 fully saturated rings. The molecule has 0 aromatic rings. The lowest BCUT2D eigenvalue weighted by Gasteiger charge is -2.49. The van der Waals surface area contributed by atoms with Crippen molar-refractivity contribution in [2.75, 3.05) is 0 Å². The molecule has 0 saturated heterocycles. The predicted octanol–water partition coefficient (Wildman–Crippen LogP) is 7.88. The van der Waals surface area contributed by atoms with Crippen molar-refractivity contribution in [3.05, 3.63) is 47.6 Å². The molecule has 0 amide bonds. The number of alkyl halides is 6. The van der Waals surface area contributed by atoms with Crippen LogP contribution in [0.4, 0.5) is 26.3 Å². The summed E-state index contributed by atoms with van der Waals surface area (Å²) in [4.78, 5) is 0. The molecule has 3 aliphatic carbocycles. The normalized spacial score (nSPS) is 32.9. The zero-order valence-corrected chi connectivity index (χ0v) is 25.7. The van der Waals surface area contributed by atoms with E-state index in [2.05, 4.69) is 13.5 Å². The monoisotopic (exact) mass is 622 g/mol. The summed E-state index contributed by atoms with van der Waals surface area (Å²) in [5, 5.41) is 40.3. The van der Waals surface area contributed by atoms with Crippen molar-refractivity contribution in [3.8, 4) is 0 Å². The van der Waals surface area contributed by atoms with Crippen LogP contribution in [-0.4, -0.2) is 56.2 Å². The summed E-state index contributed by atoms with van der Waals surface area (Å²) in [5.41, 5.74) is -4.25. The molecule has 1 unspecified atom stereocenters. The molecular weight excluding hydrogens is 574 g/mol. The van der Waals surface area contributed by atoms with Gasteiger partial charge in [-0.05, 0) is 112 Å². The highest BCUT2D eigenvalue weighted by atomic mass is 19.4. The number of hydrogen-bond acceptors (Lipinski definition) is 4. The van der Waals surface area contributed by atoms with E-state index in [1.165, 1.54) is 5.57 Å². The third-order valence-electron chi connectivity index (χ3n) is 10.4. The number of halogens is 6. The smallest absolute Gasteiger partial charge is 0.393 e. The second-order valence-electron chi connectivity index (χ2n) is 14.3. The van der Waals surface area contributed by atoms with Gasteiger partial charge in [-0.25, -0.2) is 0 Å². The van der Waals surface area contributed by atoms with Gasteiger partial charge in [0.1, 0.15) is 0 Å². The van der Waals surface area contributed by atoms with E-state index >= 15 is 0 Å². The lowest BCUT2D eigenvalue weighted by Crippen LogP contribution is -2.55. The summed E-state index contributed by atoms with van der Waals surface area (Å²) in [6, 6.07) is 0. The van der Waals surface area contributed by atoms with E-state index in [-0.39, 0.29) is 36.2 Å². The maximum atomic E-state index is 13.4. The summed E-state index contributed by atoms with van der Waals surface area (Å²) in [5.74, 6) is 0.139. The topological polar surface area (TPSA) is 80.9 Å². The molecule has 3 aliphatic rings. The molecule has 43 heavy (non-hydrogen) atoms. The van der Waals surface area contributed by atoms with Crippen LogP contribution >= 0.6 is 0 Å². The zero-order valence-electron chi connectivity index (χ0n) is 25.7. The molecule has 0 heterocycles. The summed E-state index contributed by atoms with van der Waals surface area (Å²) < 4.78 is 80.2. The van der Waals surface area contributed by atoms with E-state index in [4.69, 9.17) is 0 Å². The maximum absolute atomic E-state index is 13.4.